The highest BCUT2D eigenvalue weighted by molar-refractivity contribution is 4.91. The lowest BCUT2D eigenvalue weighted by atomic mass is 9.88. The molecule has 0 heterocycles. The second kappa shape index (κ2) is 4.68. The topological polar surface area (TPSA) is 12.0 Å². The Hall–Kier alpha value is -0.0400. The van der Waals surface area contributed by atoms with Crippen LogP contribution in [0.1, 0.15) is 58.3 Å². The second-order valence-electron chi connectivity index (χ2n) is 6.63. The van der Waals surface area contributed by atoms with E-state index in [0.717, 1.165) is 29.7 Å². The zero-order chi connectivity index (χ0) is 11.0. The fourth-order valence-corrected chi connectivity index (χ4v) is 4.09. The van der Waals surface area contributed by atoms with Crippen LogP contribution >= 0.6 is 0 Å². The van der Waals surface area contributed by atoms with E-state index in [2.05, 4.69) is 12.2 Å². The summed E-state index contributed by atoms with van der Waals surface area (Å²) in [6, 6.07) is 0.826. The Morgan fingerprint density at radius 2 is 2.00 bits per heavy atom. The minimum absolute atomic E-state index is 0.826. The molecule has 4 atom stereocenters. The van der Waals surface area contributed by atoms with Gasteiger partial charge in [-0.05, 0) is 62.3 Å². The maximum atomic E-state index is 3.87. The van der Waals surface area contributed by atoms with Crippen molar-refractivity contribution in [1.82, 2.24) is 5.32 Å². The first-order valence-electron chi connectivity index (χ1n) is 7.58. The Balaban J connectivity index is 1.40. The van der Waals surface area contributed by atoms with E-state index in [1.807, 2.05) is 0 Å². The summed E-state index contributed by atoms with van der Waals surface area (Å²) in [6.45, 7) is 3.67. The van der Waals surface area contributed by atoms with Crippen molar-refractivity contribution in [3.8, 4) is 0 Å². The third kappa shape index (κ3) is 2.45. The highest BCUT2D eigenvalue weighted by Crippen LogP contribution is 2.48. The maximum Gasteiger partial charge on any atom is 0.00671 e. The molecule has 0 aromatic heterocycles. The van der Waals surface area contributed by atoms with E-state index in [9.17, 15) is 0 Å². The van der Waals surface area contributed by atoms with Gasteiger partial charge in [0.15, 0.2) is 0 Å². The Kier molecular flexibility index (Phi) is 3.24. The summed E-state index contributed by atoms with van der Waals surface area (Å²) < 4.78 is 0. The van der Waals surface area contributed by atoms with Gasteiger partial charge in [-0.25, -0.2) is 0 Å². The van der Waals surface area contributed by atoms with E-state index in [-0.39, 0.29) is 0 Å². The van der Waals surface area contributed by atoms with E-state index in [0.29, 0.717) is 0 Å². The lowest BCUT2D eigenvalue weighted by molar-refractivity contribution is 0.297. The van der Waals surface area contributed by atoms with Gasteiger partial charge in [0, 0.05) is 6.04 Å². The van der Waals surface area contributed by atoms with E-state index in [4.69, 9.17) is 0 Å². The fourth-order valence-electron chi connectivity index (χ4n) is 4.09. The molecule has 0 aliphatic heterocycles. The van der Waals surface area contributed by atoms with Gasteiger partial charge in [0.1, 0.15) is 0 Å². The third-order valence-corrected chi connectivity index (χ3v) is 5.36. The van der Waals surface area contributed by atoms with Gasteiger partial charge >= 0.3 is 0 Å². The molecule has 1 N–H and O–H groups in total. The number of hydrogen-bond donors (Lipinski definition) is 1. The van der Waals surface area contributed by atoms with Crippen LogP contribution in [0.25, 0.3) is 0 Å². The fraction of sp³-hybridized carbons (Fsp3) is 1.00. The first-order valence-corrected chi connectivity index (χ1v) is 7.58. The number of hydrogen-bond acceptors (Lipinski definition) is 1. The Labute approximate surface area is 100 Å². The number of rotatable bonds is 6. The molecule has 0 aromatic rings. The maximum absolute atomic E-state index is 3.87. The van der Waals surface area contributed by atoms with Crippen LogP contribution in [0, 0.1) is 23.7 Å². The predicted octanol–water partition coefficient (Wildman–Crippen LogP) is 3.59. The Morgan fingerprint density at radius 3 is 2.56 bits per heavy atom. The minimum Gasteiger partial charge on any atom is -0.314 e. The van der Waals surface area contributed by atoms with Crippen LogP contribution in [0.15, 0.2) is 0 Å². The largest absolute Gasteiger partial charge is 0.314 e. The molecular formula is C15H27N. The smallest absolute Gasteiger partial charge is 0.00671 e. The van der Waals surface area contributed by atoms with Gasteiger partial charge < -0.3 is 5.32 Å². The quantitative estimate of drug-likeness (QED) is 0.723. The summed E-state index contributed by atoms with van der Waals surface area (Å²) in [7, 11) is 0. The average Bonchev–Trinajstić information content (AvgIpc) is 2.88. The monoisotopic (exact) mass is 221 g/mol. The van der Waals surface area contributed by atoms with Crippen LogP contribution < -0.4 is 5.32 Å². The van der Waals surface area contributed by atoms with E-state index in [1.54, 1.807) is 12.8 Å². The van der Waals surface area contributed by atoms with Gasteiger partial charge in [-0.3, -0.25) is 0 Å². The summed E-state index contributed by atoms with van der Waals surface area (Å²) in [6.07, 6.45) is 12.0. The van der Waals surface area contributed by atoms with Gasteiger partial charge in [0.25, 0.3) is 0 Å². The van der Waals surface area contributed by atoms with Gasteiger partial charge in [-0.15, -0.1) is 0 Å². The van der Waals surface area contributed by atoms with E-state index >= 15 is 0 Å². The van der Waals surface area contributed by atoms with Crippen LogP contribution in [-0.2, 0) is 0 Å². The molecular weight excluding hydrogens is 194 g/mol. The van der Waals surface area contributed by atoms with E-state index in [1.165, 1.54) is 45.1 Å². The van der Waals surface area contributed by atoms with Crippen molar-refractivity contribution < 1.29 is 0 Å². The van der Waals surface area contributed by atoms with Crippen molar-refractivity contribution in [2.24, 2.45) is 23.7 Å². The van der Waals surface area contributed by atoms with Crippen LogP contribution in [0.5, 0.6) is 0 Å². The number of nitrogens with one attached hydrogen (secondary N) is 1. The SMILES string of the molecule is CCC(CC1CC1)NCC1CC2CCC1C2. The van der Waals surface area contributed by atoms with Crippen LogP contribution in [-0.4, -0.2) is 12.6 Å². The zero-order valence-electron chi connectivity index (χ0n) is 10.8. The van der Waals surface area contributed by atoms with Crippen molar-refractivity contribution in [2.45, 2.75) is 64.3 Å². The third-order valence-electron chi connectivity index (χ3n) is 5.36. The molecule has 1 nitrogen and oxygen atoms in total. The molecule has 2 bridgehead atoms. The van der Waals surface area contributed by atoms with Crippen molar-refractivity contribution in [1.29, 1.82) is 0 Å². The summed E-state index contributed by atoms with van der Waals surface area (Å²) in [5, 5.41) is 3.87. The molecule has 0 amide bonds. The van der Waals surface area contributed by atoms with E-state index < -0.39 is 0 Å². The molecule has 0 aromatic carbocycles. The average molecular weight is 221 g/mol. The van der Waals surface area contributed by atoms with Gasteiger partial charge in [0.2, 0.25) is 0 Å². The zero-order valence-corrected chi connectivity index (χ0v) is 10.8. The summed E-state index contributed by atoms with van der Waals surface area (Å²) in [5.41, 5.74) is 0. The highest BCUT2D eigenvalue weighted by Gasteiger charge is 2.39. The first kappa shape index (κ1) is 11.1. The molecule has 3 aliphatic rings. The molecule has 92 valence electrons. The molecule has 1 heteroatoms. The van der Waals surface area contributed by atoms with Crippen molar-refractivity contribution in [3.05, 3.63) is 0 Å². The van der Waals surface area contributed by atoms with Crippen LogP contribution in [0.3, 0.4) is 0 Å². The molecule has 16 heavy (non-hydrogen) atoms. The summed E-state index contributed by atoms with van der Waals surface area (Å²) >= 11 is 0. The van der Waals surface area contributed by atoms with Crippen molar-refractivity contribution >= 4 is 0 Å². The van der Waals surface area contributed by atoms with Gasteiger partial charge in [0.05, 0.1) is 0 Å². The molecule has 4 unspecified atom stereocenters. The van der Waals surface area contributed by atoms with Crippen LogP contribution in [0.4, 0.5) is 0 Å². The van der Waals surface area contributed by atoms with Crippen LogP contribution in [0.2, 0.25) is 0 Å². The van der Waals surface area contributed by atoms with Crippen molar-refractivity contribution in [2.75, 3.05) is 6.54 Å². The molecule has 3 aliphatic carbocycles. The number of fused-ring (bicyclic) bond motifs is 2. The summed E-state index contributed by atoms with van der Waals surface area (Å²) in [4.78, 5) is 0. The lowest BCUT2D eigenvalue weighted by Crippen LogP contribution is -2.35. The molecule has 0 spiro atoms. The van der Waals surface area contributed by atoms with Gasteiger partial charge in [-0.2, -0.15) is 0 Å². The summed E-state index contributed by atoms with van der Waals surface area (Å²) in [5.74, 6) is 4.32. The van der Waals surface area contributed by atoms with Gasteiger partial charge in [-0.1, -0.05) is 26.2 Å². The minimum atomic E-state index is 0.826. The van der Waals surface area contributed by atoms with Crippen molar-refractivity contribution in [3.63, 3.8) is 0 Å². The molecule has 0 saturated heterocycles. The lowest BCUT2D eigenvalue weighted by Gasteiger charge is -2.25. The predicted molar refractivity (Wildman–Crippen MR) is 68.4 cm³/mol. The Bertz CT molecular complexity index is 234. The second-order valence-corrected chi connectivity index (χ2v) is 6.63. The first-order chi connectivity index (χ1) is 7.85. The molecule has 0 radical (unpaired) electrons. The Morgan fingerprint density at radius 1 is 1.12 bits per heavy atom. The standard InChI is InChI=1S/C15H27N/c1-2-15(9-11-3-4-11)16-10-14-8-12-5-6-13(14)7-12/h11-16H,2-10H2,1H3. The molecule has 3 fully saturated rings. The highest BCUT2D eigenvalue weighted by atomic mass is 14.9. The molecule has 3 rings (SSSR count). The molecule has 3 saturated carbocycles. The normalized spacial score (nSPS) is 39.2.